The van der Waals surface area contributed by atoms with Crippen molar-refractivity contribution in [3.8, 4) is 0 Å². The van der Waals surface area contributed by atoms with Crippen LogP contribution in [-0.2, 0) is 0 Å². The molecule has 1 unspecified atom stereocenters. The Balaban J connectivity index is 1.69. The smallest absolute Gasteiger partial charge is 0.251 e. The van der Waals surface area contributed by atoms with Crippen LogP contribution in [0.2, 0.25) is 0 Å². The minimum atomic E-state index is -0.0591. The lowest BCUT2D eigenvalue weighted by molar-refractivity contribution is 0.0954. The van der Waals surface area contributed by atoms with Crippen molar-refractivity contribution >= 4 is 11.9 Å². The van der Waals surface area contributed by atoms with Crippen LogP contribution in [0.5, 0.6) is 0 Å². The van der Waals surface area contributed by atoms with Gasteiger partial charge in [-0.25, -0.2) is 0 Å². The van der Waals surface area contributed by atoms with Crippen LogP contribution in [0.25, 0.3) is 0 Å². The summed E-state index contributed by atoms with van der Waals surface area (Å²) in [6.45, 7) is 6.08. The predicted octanol–water partition coefficient (Wildman–Crippen LogP) is 2.69. The third-order valence-corrected chi connectivity index (χ3v) is 4.15. The van der Waals surface area contributed by atoms with E-state index in [9.17, 15) is 4.79 Å². The molecule has 0 heterocycles. The second-order valence-electron chi connectivity index (χ2n) is 6.32. The van der Waals surface area contributed by atoms with Crippen molar-refractivity contribution < 1.29 is 4.79 Å². The molecule has 0 saturated heterocycles. The van der Waals surface area contributed by atoms with Crippen molar-refractivity contribution in [1.29, 1.82) is 0 Å². The molecule has 3 N–H and O–H groups in total. The molecule has 2 aromatic carbocycles. The summed E-state index contributed by atoms with van der Waals surface area (Å²) < 4.78 is 0. The van der Waals surface area contributed by atoms with Crippen molar-refractivity contribution in [2.75, 3.05) is 26.7 Å². The first-order valence-electron chi connectivity index (χ1n) is 8.94. The number of benzene rings is 2. The van der Waals surface area contributed by atoms with E-state index in [-0.39, 0.29) is 5.91 Å². The van der Waals surface area contributed by atoms with Crippen molar-refractivity contribution in [2.45, 2.75) is 19.8 Å². The van der Waals surface area contributed by atoms with E-state index in [0.29, 0.717) is 24.6 Å². The highest BCUT2D eigenvalue weighted by Crippen LogP contribution is 2.12. The number of hydrogen-bond acceptors (Lipinski definition) is 2. The summed E-state index contributed by atoms with van der Waals surface area (Å²) in [6, 6.07) is 18.0. The molecule has 0 aliphatic rings. The van der Waals surface area contributed by atoms with E-state index in [0.717, 1.165) is 18.1 Å². The summed E-state index contributed by atoms with van der Waals surface area (Å²) >= 11 is 0. The fraction of sp³-hybridized carbons (Fsp3) is 0.333. The van der Waals surface area contributed by atoms with Gasteiger partial charge in [0, 0.05) is 32.2 Å². The third-order valence-electron chi connectivity index (χ3n) is 4.15. The van der Waals surface area contributed by atoms with Crippen LogP contribution in [0.1, 0.15) is 34.3 Å². The molecule has 2 rings (SSSR count). The normalized spacial score (nSPS) is 12.3. The highest BCUT2D eigenvalue weighted by Gasteiger charge is 2.07. The fourth-order valence-electron chi connectivity index (χ4n) is 2.62. The molecule has 2 aromatic rings. The summed E-state index contributed by atoms with van der Waals surface area (Å²) in [4.78, 5) is 16.3. The van der Waals surface area contributed by atoms with Crippen molar-refractivity contribution in [3.05, 3.63) is 71.3 Å². The standard InChI is InChI=1S/C21H28N4O/c1-16-8-7-11-19(14-16)20(26)23-12-13-24-21(22-3)25-15-17(2)18-9-5-4-6-10-18/h4-11,14,17H,12-13,15H2,1-3H3,(H,23,26)(H2,22,24,25). The van der Waals surface area contributed by atoms with Crippen molar-refractivity contribution in [1.82, 2.24) is 16.0 Å². The van der Waals surface area contributed by atoms with Gasteiger partial charge in [0.25, 0.3) is 5.91 Å². The molecule has 1 atom stereocenters. The summed E-state index contributed by atoms with van der Waals surface area (Å²) in [5.41, 5.74) is 3.05. The number of carbonyl (C=O) groups is 1. The zero-order valence-electron chi connectivity index (χ0n) is 15.8. The summed E-state index contributed by atoms with van der Waals surface area (Å²) in [5.74, 6) is 1.06. The summed E-state index contributed by atoms with van der Waals surface area (Å²) in [6.07, 6.45) is 0. The number of carbonyl (C=O) groups excluding carboxylic acids is 1. The fourth-order valence-corrected chi connectivity index (χ4v) is 2.62. The Morgan fingerprint density at radius 1 is 1.00 bits per heavy atom. The van der Waals surface area contributed by atoms with Crippen LogP contribution >= 0.6 is 0 Å². The van der Waals surface area contributed by atoms with Crippen molar-refractivity contribution in [2.24, 2.45) is 4.99 Å². The van der Waals surface area contributed by atoms with Crippen LogP contribution in [0, 0.1) is 6.92 Å². The predicted molar refractivity (Wildman–Crippen MR) is 108 cm³/mol. The highest BCUT2D eigenvalue weighted by atomic mass is 16.1. The molecular weight excluding hydrogens is 324 g/mol. The van der Waals surface area contributed by atoms with Crippen LogP contribution in [0.4, 0.5) is 0 Å². The molecule has 0 saturated carbocycles. The van der Waals surface area contributed by atoms with E-state index in [1.54, 1.807) is 7.05 Å². The van der Waals surface area contributed by atoms with Gasteiger partial charge in [0.05, 0.1) is 0 Å². The van der Waals surface area contributed by atoms with Gasteiger partial charge >= 0.3 is 0 Å². The van der Waals surface area contributed by atoms with E-state index in [1.807, 2.05) is 37.3 Å². The van der Waals surface area contributed by atoms with Gasteiger partial charge in [-0.1, -0.05) is 55.0 Å². The lowest BCUT2D eigenvalue weighted by Gasteiger charge is -2.16. The molecule has 0 radical (unpaired) electrons. The van der Waals surface area contributed by atoms with Gasteiger partial charge in [-0.2, -0.15) is 0 Å². The third kappa shape index (κ3) is 6.24. The number of hydrogen-bond donors (Lipinski definition) is 3. The Hall–Kier alpha value is -2.82. The van der Waals surface area contributed by atoms with Crippen LogP contribution in [-0.4, -0.2) is 38.5 Å². The quantitative estimate of drug-likeness (QED) is 0.408. The molecule has 1 amide bonds. The first-order valence-corrected chi connectivity index (χ1v) is 8.94. The molecule has 138 valence electrons. The van der Waals surface area contributed by atoms with E-state index < -0.39 is 0 Å². The molecule has 5 nitrogen and oxygen atoms in total. The number of guanidine groups is 1. The first-order chi connectivity index (χ1) is 12.6. The Bertz CT molecular complexity index is 728. The van der Waals surface area contributed by atoms with Gasteiger partial charge in [-0.3, -0.25) is 9.79 Å². The van der Waals surface area contributed by atoms with Crippen molar-refractivity contribution in [3.63, 3.8) is 0 Å². The molecule has 0 bridgehead atoms. The van der Waals surface area contributed by atoms with Gasteiger partial charge in [0.15, 0.2) is 5.96 Å². The average Bonchev–Trinajstić information content (AvgIpc) is 2.67. The highest BCUT2D eigenvalue weighted by molar-refractivity contribution is 5.94. The Morgan fingerprint density at radius 2 is 1.73 bits per heavy atom. The average molecular weight is 352 g/mol. The Kier molecular flexibility index (Phi) is 7.68. The Labute approximate surface area is 155 Å². The van der Waals surface area contributed by atoms with Gasteiger partial charge < -0.3 is 16.0 Å². The number of aliphatic imine (C=N–C) groups is 1. The van der Waals surface area contributed by atoms with Crippen LogP contribution in [0.3, 0.4) is 0 Å². The minimum Gasteiger partial charge on any atom is -0.356 e. The number of nitrogens with one attached hydrogen (secondary N) is 3. The van der Waals surface area contributed by atoms with Crippen LogP contribution < -0.4 is 16.0 Å². The topological polar surface area (TPSA) is 65.5 Å². The van der Waals surface area contributed by atoms with Gasteiger partial charge in [0.2, 0.25) is 0 Å². The van der Waals surface area contributed by atoms with Crippen LogP contribution in [0.15, 0.2) is 59.6 Å². The van der Waals surface area contributed by atoms with E-state index in [2.05, 4.69) is 52.1 Å². The second kappa shape index (κ2) is 10.2. The largest absolute Gasteiger partial charge is 0.356 e. The lowest BCUT2D eigenvalue weighted by Crippen LogP contribution is -2.42. The zero-order valence-corrected chi connectivity index (χ0v) is 15.8. The molecule has 0 spiro atoms. The molecule has 0 aliphatic heterocycles. The summed E-state index contributed by atoms with van der Waals surface area (Å²) in [7, 11) is 1.74. The molecule has 0 aliphatic carbocycles. The summed E-state index contributed by atoms with van der Waals surface area (Å²) in [5, 5.41) is 9.45. The number of nitrogens with zero attached hydrogens (tertiary/aromatic N) is 1. The van der Waals surface area contributed by atoms with Gasteiger partial charge in [-0.05, 0) is 30.5 Å². The molecule has 26 heavy (non-hydrogen) atoms. The molecule has 0 aromatic heterocycles. The molecule has 5 heteroatoms. The first kappa shape index (κ1) is 19.5. The van der Waals surface area contributed by atoms with Gasteiger partial charge in [0.1, 0.15) is 0 Å². The SMILES string of the molecule is CN=C(NCCNC(=O)c1cccc(C)c1)NCC(C)c1ccccc1. The number of amides is 1. The minimum absolute atomic E-state index is 0.0591. The lowest BCUT2D eigenvalue weighted by atomic mass is 10.0. The number of aryl methyl sites for hydroxylation is 1. The van der Waals surface area contributed by atoms with E-state index in [4.69, 9.17) is 0 Å². The maximum absolute atomic E-state index is 12.1. The molecular formula is C21H28N4O. The Morgan fingerprint density at radius 3 is 2.42 bits per heavy atom. The monoisotopic (exact) mass is 352 g/mol. The van der Waals surface area contributed by atoms with E-state index >= 15 is 0 Å². The maximum Gasteiger partial charge on any atom is 0.251 e. The maximum atomic E-state index is 12.1. The second-order valence-corrected chi connectivity index (χ2v) is 6.32. The number of rotatable bonds is 7. The van der Waals surface area contributed by atoms with Gasteiger partial charge in [-0.15, -0.1) is 0 Å². The van der Waals surface area contributed by atoms with E-state index in [1.165, 1.54) is 5.56 Å². The zero-order chi connectivity index (χ0) is 18.8. The molecule has 0 fully saturated rings.